The van der Waals surface area contributed by atoms with E-state index in [1.165, 1.54) is 0 Å². The van der Waals surface area contributed by atoms with Crippen LogP contribution in [0.15, 0.2) is 53.3 Å². The summed E-state index contributed by atoms with van der Waals surface area (Å²) in [7, 11) is 0. The highest BCUT2D eigenvalue weighted by Crippen LogP contribution is 2.32. The predicted molar refractivity (Wildman–Crippen MR) is 94.3 cm³/mol. The molecule has 1 aromatic carbocycles. The van der Waals surface area contributed by atoms with Crippen molar-refractivity contribution in [2.75, 3.05) is 13.2 Å². The van der Waals surface area contributed by atoms with E-state index in [2.05, 4.69) is 20.7 Å². The molecule has 4 rings (SSSR count). The van der Waals surface area contributed by atoms with Gasteiger partial charge in [-0.1, -0.05) is 35.5 Å². The molecular formula is C19H20N4O3. The molecule has 0 spiro atoms. The van der Waals surface area contributed by atoms with Gasteiger partial charge >= 0.3 is 0 Å². The van der Waals surface area contributed by atoms with E-state index in [-0.39, 0.29) is 23.7 Å². The van der Waals surface area contributed by atoms with Crippen LogP contribution in [-0.4, -0.2) is 34.4 Å². The van der Waals surface area contributed by atoms with E-state index in [1.807, 2.05) is 36.5 Å². The third kappa shape index (κ3) is 3.52. The molecule has 134 valence electrons. The van der Waals surface area contributed by atoms with Crippen LogP contribution in [0.4, 0.5) is 0 Å². The van der Waals surface area contributed by atoms with E-state index in [1.54, 1.807) is 12.3 Å². The minimum atomic E-state index is -0.267. The number of nitrogens with zero attached hydrogens (tertiary/aromatic N) is 2. The Morgan fingerprint density at radius 2 is 2.19 bits per heavy atom. The highest BCUT2D eigenvalue weighted by molar-refractivity contribution is 5.92. The van der Waals surface area contributed by atoms with Gasteiger partial charge in [-0.25, -0.2) is 0 Å². The molecule has 1 saturated heterocycles. The van der Waals surface area contributed by atoms with Crippen LogP contribution in [0.25, 0.3) is 11.3 Å². The van der Waals surface area contributed by atoms with Crippen molar-refractivity contribution in [3.8, 4) is 11.3 Å². The average Bonchev–Trinajstić information content (AvgIpc) is 3.39. The molecule has 7 heteroatoms. The fourth-order valence-electron chi connectivity index (χ4n) is 3.28. The zero-order chi connectivity index (χ0) is 17.8. The molecule has 2 atom stereocenters. The van der Waals surface area contributed by atoms with E-state index in [9.17, 15) is 4.79 Å². The third-order valence-corrected chi connectivity index (χ3v) is 4.62. The van der Waals surface area contributed by atoms with Gasteiger partial charge in [0.05, 0.1) is 12.3 Å². The van der Waals surface area contributed by atoms with Crippen molar-refractivity contribution in [1.82, 2.24) is 20.7 Å². The fourth-order valence-corrected chi connectivity index (χ4v) is 3.28. The molecule has 1 amide bonds. The first-order valence-corrected chi connectivity index (χ1v) is 8.72. The summed E-state index contributed by atoms with van der Waals surface area (Å²) in [4.78, 5) is 12.4. The molecule has 2 aromatic heterocycles. The third-order valence-electron chi connectivity index (χ3n) is 4.62. The van der Waals surface area contributed by atoms with Gasteiger partial charge in [-0.15, -0.1) is 0 Å². The fraction of sp³-hybridized carbons (Fsp3) is 0.316. The number of H-pyrrole nitrogens is 1. The van der Waals surface area contributed by atoms with Gasteiger partial charge in [-0.05, 0) is 12.8 Å². The molecule has 0 aliphatic carbocycles. The van der Waals surface area contributed by atoms with Crippen LogP contribution in [0.2, 0.25) is 0 Å². The molecule has 0 bridgehead atoms. The van der Waals surface area contributed by atoms with Crippen molar-refractivity contribution in [1.29, 1.82) is 0 Å². The predicted octanol–water partition coefficient (Wildman–Crippen LogP) is 2.96. The maximum absolute atomic E-state index is 12.4. The van der Waals surface area contributed by atoms with Crippen LogP contribution in [-0.2, 0) is 4.74 Å². The van der Waals surface area contributed by atoms with E-state index >= 15 is 0 Å². The Kier molecular flexibility index (Phi) is 4.79. The summed E-state index contributed by atoms with van der Waals surface area (Å²) in [5, 5.41) is 13.7. The minimum Gasteiger partial charge on any atom is -0.373 e. The van der Waals surface area contributed by atoms with Crippen molar-refractivity contribution >= 4 is 5.91 Å². The number of benzene rings is 1. The summed E-state index contributed by atoms with van der Waals surface area (Å²) in [6.45, 7) is 1.24. The van der Waals surface area contributed by atoms with Crippen LogP contribution in [0.1, 0.15) is 35.1 Å². The normalized spacial score (nSPS) is 20.0. The lowest BCUT2D eigenvalue weighted by molar-refractivity contribution is -0.0273. The summed E-state index contributed by atoms with van der Waals surface area (Å²) in [6, 6.07) is 11.3. The van der Waals surface area contributed by atoms with E-state index in [4.69, 9.17) is 9.26 Å². The smallest absolute Gasteiger partial charge is 0.289 e. The molecule has 3 aromatic rings. The van der Waals surface area contributed by atoms with Gasteiger partial charge in [-0.3, -0.25) is 9.89 Å². The molecule has 7 nitrogen and oxygen atoms in total. The lowest BCUT2D eigenvalue weighted by Crippen LogP contribution is -2.34. The maximum atomic E-state index is 12.4. The van der Waals surface area contributed by atoms with Gasteiger partial charge in [0.25, 0.3) is 5.91 Å². The Morgan fingerprint density at radius 1 is 1.31 bits per heavy atom. The Labute approximate surface area is 150 Å². The zero-order valence-corrected chi connectivity index (χ0v) is 14.2. The highest BCUT2D eigenvalue weighted by Gasteiger charge is 2.29. The van der Waals surface area contributed by atoms with E-state index in [0.29, 0.717) is 12.2 Å². The largest absolute Gasteiger partial charge is 0.373 e. The Hall–Kier alpha value is -2.93. The SMILES string of the molecule is O=C(NC[C@@H]1CCCO[C@H]1c1cn[nH]c1)c1cc(-c2ccccc2)no1. The Bertz CT molecular complexity index is 845. The van der Waals surface area contributed by atoms with Gasteiger partial charge in [0.2, 0.25) is 5.76 Å². The van der Waals surface area contributed by atoms with Crippen LogP contribution in [0.5, 0.6) is 0 Å². The van der Waals surface area contributed by atoms with Crippen LogP contribution in [0.3, 0.4) is 0 Å². The van der Waals surface area contributed by atoms with Crippen molar-refractivity contribution < 1.29 is 14.1 Å². The second-order valence-electron chi connectivity index (χ2n) is 6.38. The average molecular weight is 352 g/mol. The Morgan fingerprint density at radius 3 is 3.00 bits per heavy atom. The van der Waals surface area contributed by atoms with Gasteiger partial charge in [-0.2, -0.15) is 5.10 Å². The van der Waals surface area contributed by atoms with Crippen molar-refractivity contribution in [3.63, 3.8) is 0 Å². The minimum absolute atomic E-state index is 0.0580. The number of aromatic nitrogens is 3. The second kappa shape index (κ2) is 7.53. The Balaban J connectivity index is 1.40. The standard InChI is InChI=1S/C19H20N4O3/c24-19(17-9-16(23-26-17)13-5-2-1-3-6-13)20-10-14-7-4-8-25-18(14)15-11-21-22-12-15/h1-3,5-6,9,11-12,14,18H,4,7-8,10H2,(H,20,24)(H,21,22)/t14-,18+/m0/s1. The number of nitrogens with one attached hydrogen (secondary N) is 2. The monoisotopic (exact) mass is 352 g/mol. The molecule has 1 aliphatic rings. The quantitative estimate of drug-likeness (QED) is 0.736. The number of carbonyl (C=O) groups is 1. The molecule has 0 saturated carbocycles. The summed E-state index contributed by atoms with van der Waals surface area (Å²) >= 11 is 0. The van der Waals surface area contributed by atoms with Crippen LogP contribution in [0, 0.1) is 5.92 Å². The molecule has 0 unspecified atom stereocenters. The lowest BCUT2D eigenvalue weighted by atomic mass is 9.91. The molecule has 3 heterocycles. The number of aromatic amines is 1. The van der Waals surface area contributed by atoms with Gasteiger partial charge < -0.3 is 14.6 Å². The van der Waals surface area contributed by atoms with Crippen molar-refractivity contribution in [2.24, 2.45) is 5.92 Å². The molecule has 0 radical (unpaired) electrons. The molecule has 26 heavy (non-hydrogen) atoms. The summed E-state index contributed by atoms with van der Waals surface area (Å²) in [5.74, 6) is 0.137. The number of ether oxygens (including phenoxy) is 1. The first-order valence-electron chi connectivity index (χ1n) is 8.72. The highest BCUT2D eigenvalue weighted by atomic mass is 16.5. The van der Waals surface area contributed by atoms with E-state index < -0.39 is 0 Å². The van der Waals surface area contributed by atoms with Crippen LogP contribution >= 0.6 is 0 Å². The number of carbonyl (C=O) groups excluding carboxylic acids is 1. The maximum Gasteiger partial charge on any atom is 0.289 e. The van der Waals surface area contributed by atoms with Crippen molar-refractivity contribution in [3.05, 3.63) is 60.1 Å². The first-order chi connectivity index (χ1) is 12.8. The second-order valence-corrected chi connectivity index (χ2v) is 6.38. The summed E-state index contributed by atoms with van der Waals surface area (Å²) < 4.78 is 11.1. The topological polar surface area (TPSA) is 93.0 Å². The van der Waals surface area contributed by atoms with Gasteiger partial charge in [0.15, 0.2) is 0 Å². The van der Waals surface area contributed by atoms with Crippen molar-refractivity contribution in [2.45, 2.75) is 18.9 Å². The summed E-state index contributed by atoms with van der Waals surface area (Å²) in [5.41, 5.74) is 2.57. The number of rotatable bonds is 5. The zero-order valence-electron chi connectivity index (χ0n) is 14.2. The number of amides is 1. The molecule has 1 aliphatic heterocycles. The summed E-state index contributed by atoms with van der Waals surface area (Å²) in [6.07, 6.45) is 5.52. The number of hydrogen-bond acceptors (Lipinski definition) is 5. The molecule has 2 N–H and O–H groups in total. The van der Waals surface area contributed by atoms with Gasteiger partial charge in [0, 0.05) is 42.5 Å². The first kappa shape index (κ1) is 16.5. The van der Waals surface area contributed by atoms with Gasteiger partial charge in [0.1, 0.15) is 5.69 Å². The molecule has 1 fully saturated rings. The molecular weight excluding hydrogens is 332 g/mol. The lowest BCUT2D eigenvalue weighted by Gasteiger charge is -2.31. The number of hydrogen-bond donors (Lipinski definition) is 2. The van der Waals surface area contributed by atoms with E-state index in [0.717, 1.165) is 30.6 Å². The van der Waals surface area contributed by atoms with Crippen LogP contribution < -0.4 is 5.32 Å².